The molecule has 32 heavy (non-hydrogen) atoms. The highest BCUT2D eigenvalue weighted by molar-refractivity contribution is 6.04. The van der Waals surface area contributed by atoms with Gasteiger partial charge in [0.2, 0.25) is 0 Å². The van der Waals surface area contributed by atoms with Crippen molar-refractivity contribution < 1.29 is 14.6 Å². The predicted octanol–water partition coefficient (Wildman–Crippen LogP) is 2.86. The summed E-state index contributed by atoms with van der Waals surface area (Å²) in [4.78, 5) is 25.0. The molecule has 0 saturated heterocycles. The number of carbonyl (C=O) groups excluding carboxylic acids is 1. The Morgan fingerprint density at radius 2 is 1.59 bits per heavy atom. The van der Waals surface area contributed by atoms with Gasteiger partial charge in [0.25, 0.3) is 11.5 Å². The summed E-state index contributed by atoms with van der Waals surface area (Å²) in [5, 5.41) is 18.0. The van der Waals surface area contributed by atoms with Gasteiger partial charge in [0.05, 0.1) is 11.9 Å². The lowest BCUT2D eigenvalue weighted by Gasteiger charge is -2.15. The molecule has 7 heteroatoms. The molecule has 0 aliphatic heterocycles. The zero-order chi connectivity index (χ0) is 22.5. The Hall–Kier alpha value is -3.97. The van der Waals surface area contributed by atoms with Crippen molar-refractivity contribution in [3.63, 3.8) is 0 Å². The van der Waals surface area contributed by atoms with Crippen LogP contribution in [-0.2, 0) is 6.54 Å². The minimum absolute atomic E-state index is 0.0268. The van der Waals surface area contributed by atoms with Crippen LogP contribution < -0.4 is 15.6 Å². The summed E-state index contributed by atoms with van der Waals surface area (Å²) in [5.41, 5.74) is 1.92. The summed E-state index contributed by atoms with van der Waals surface area (Å²) in [7, 11) is 1.50. The van der Waals surface area contributed by atoms with Crippen molar-refractivity contribution in [1.82, 2.24) is 15.1 Å². The average molecular weight is 429 g/mol. The number of benzene rings is 3. The van der Waals surface area contributed by atoms with Crippen LogP contribution in [0.3, 0.4) is 0 Å². The van der Waals surface area contributed by atoms with Gasteiger partial charge in [-0.2, -0.15) is 5.10 Å². The molecule has 2 N–H and O–H groups in total. The third-order valence-corrected chi connectivity index (χ3v) is 5.10. The van der Waals surface area contributed by atoms with Gasteiger partial charge in [0, 0.05) is 12.4 Å². The molecular formula is C25H23N3O4. The number of nitrogens with zero attached hydrogens (tertiary/aromatic N) is 2. The van der Waals surface area contributed by atoms with Crippen LogP contribution in [0, 0.1) is 0 Å². The number of hydrogen-bond acceptors (Lipinski definition) is 5. The molecule has 3 aromatic carbocycles. The number of carbonyl (C=O) groups is 1. The summed E-state index contributed by atoms with van der Waals surface area (Å²) in [5.74, 6) is 0.202. The third kappa shape index (κ3) is 4.53. The molecule has 0 saturated carbocycles. The van der Waals surface area contributed by atoms with Crippen LogP contribution in [-0.4, -0.2) is 40.6 Å². The topological polar surface area (TPSA) is 93.5 Å². The van der Waals surface area contributed by atoms with Crippen molar-refractivity contribution in [3.8, 4) is 16.9 Å². The molecule has 0 spiro atoms. The van der Waals surface area contributed by atoms with Gasteiger partial charge in [-0.3, -0.25) is 9.59 Å². The molecule has 162 valence electrons. The van der Waals surface area contributed by atoms with Gasteiger partial charge >= 0.3 is 0 Å². The Kier molecular flexibility index (Phi) is 6.28. The Morgan fingerprint density at radius 3 is 2.28 bits per heavy atom. The monoisotopic (exact) mass is 429 g/mol. The number of hydrogen-bond donors (Lipinski definition) is 2. The van der Waals surface area contributed by atoms with E-state index in [1.165, 1.54) is 7.05 Å². The first-order valence-electron chi connectivity index (χ1n) is 10.2. The SMILES string of the molecule is CNC(=O)c1nn(CC(O)COc2ccc(-c3ccccc3)cc2)c(=O)c2ccccc12. The van der Waals surface area contributed by atoms with Crippen LogP contribution in [0.25, 0.3) is 21.9 Å². The highest BCUT2D eigenvalue weighted by Gasteiger charge is 2.17. The Bertz CT molecular complexity index is 1280. The van der Waals surface area contributed by atoms with Gasteiger partial charge in [0.1, 0.15) is 18.5 Å². The van der Waals surface area contributed by atoms with Crippen LogP contribution in [0.4, 0.5) is 0 Å². The lowest BCUT2D eigenvalue weighted by atomic mass is 10.1. The standard InChI is InChI=1S/C25H23N3O4/c1-26-24(30)23-21-9-5-6-10-22(21)25(31)28(27-23)15-19(29)16-32-20-13-11-18(12-14-20)17-7-3-2-4-8-17/h2-14,19,29H,15-16H2,1H3,(H,26,30). The number of aliphatic hydroxyl groups is 1. The molecule has 0 aliphatic rings. The summed E-state index contributed by atoms with van der Waals surface area (Å²) >= 11 is 0. The second kappa shape index (κ2) is 9.45. The minimum atomic E-state index is -0.993. The number of ether oxygens (including phenoxy) is 1. The average Bonchev–Trinajstić information content (AvgIpc) is 2.85. The maximum atomic E-state index is 12.8. The van der Waals surface area contributed by atoms with Crippen molar-refractivity contribution in [1.29, 1.82) is 0 Å². The van der Waals surface area contributed by atoms with E-state index in [0.29, 0.717) is 16.5 Å². The fourth-order valence-corrected chi connectivity index (χ4v) is 3.46. The Morgan fingerprint density at radius 1 is 0.969 bits per heavy atom. The zero-order valence-corrected chi connectivity index (χ0v) is 17.6. The van der Waals surface area contributed by atoms with Gasteiger partial charge in [-0.05, 0) is 29.3 Å². The second-order valence-electron chi connectivity index (χ2n) is 7.32. The number of amides is 1. The number of rotatable bonds is 7. The van der Waals surface area contributed by atoms with E-state index in [1.807, 2.05) is 54.6 Å². The Labute approximate surface area is 184 Å². The number of fused-ring (bicyclic) bond motifs is 1. The number of aliphatic hydroxyl groups excluding tert-OH is 1. The third-order valence-electron chi connectivity index (χ3n) is 5.10. The molecule has 0 bridgehead atoms. The normalized spacial score (nSPS) is 11.8. The number of aromatic nitrogens is 2. The molecule has 4 aromatic rings. The lowest BCUT2D eigenvalue weighted by Crippen LogP contribution is -2.34. The van der Waals surface area contributed by atoms with Gasteiger partial charge < -0.3 is 15.2 Å². The lowest BCUT2D eigenvalue weighted by molar-refractivity contribution is 0.0867. The Balaban J connectivity index is 1.47. The van der Waals surface area contributed by atoms with Crippen molar-refractivity contribution in [3.05, 3.63) is 94.9 Å². The molecule has 1 amide bonds. The van der Waals surface area contributed by atoms with Gasteiger partial charge in [-0.15, -0.1) is 0 Å². The highest BCUT2D eigenvalue weighted by atomic mass is 16.5. The van der Waals surface area contributed by atoms with E-state index in [2.05, 4.69) is 10.4 Å². The number of nitrogens with one attached hydrogen (secondary N) is 1. The summed E-state index contributed by atoms with van der Waals surface area (Å²) in [6, 6.07) is 24.3. The van der Waals surface area contributed by atoms with Crippen molar-refractivity contribution >= 4 is 16.7 Å². The molecule has 1 aromatic heterocycles. The first kappa shape index (κ1) is 21.3. The smallest absolute Gasteiger partial charge is 0.274 e. The largest absolute Gasteiger partial charge is 0.491 e. The van der Waals surface area contributed by atoms with Gasteiger partial charge in [-0.1, -0.05) is 60.7 Å². The summed E-state index contributed by atoms with van der Waals surface area (Å²) in [6.07, 6.45) is -0.993. The maximum Gasteiger partial charge on any atom is 0.274 e. The first-order valence-corrected chi connectivity index (χ1v) is 10.2. The van der Waals surface area contributed by atoms with E-state index in [0.717, 1.165) is 15.8 Å². The van der Waals surface area contributed by atoms with Crippen molar-refractivity contribution in [2.45, 2.75) is 12.6 Å². The fourth-order valence-electron chi connectivity index (χ4n) is 3.46. The van der Waals surface area contributed by atoms with Crippen LogP contribution in [0.2, 0.25) is 0 Å². The fraction of sp³-hybridized carbons (Fsp3) is 0.160. The molecular weight excluding hydrogens is 406 g/mol. The van der Waals surface area contributed by atoms with E-state index in [-0.39, 0.29) is 24.4 Å². The summed E-state index contributed by atoms with van der Waals surface area (Å²) < 4.78 is 6.80. The highest BCUT2D eigenvalue weighted by Crippen LogP contribution is 2.22. The van der Waals surface area contributed by atoms with E-state index < -0.39 is 12.0 Å². The predicted molar refractivity (Wildman–Crippen MR) is 123 cm³/mol. The molecule has 0 radical (unpaired) electrons. The zero-order valence-electron chi connectivity index (χ0n) is 17.6. The minimum Gasteiger partial charge on any atom is -0.491 e. The molecule has 0 aliphatic carbocycles. The van der Waals surface area contributed by atoms with Crippen LogP contribution in [0.15, 0.2) is 83.7 Å². The molecule has 4 rings (SSSR count). The van der Waals surface area contributed by atoms with Crippen LogP contribution >= 0.6 is 0 Å². The quantitative estimate of drug-likeness (QED) is 0.471. The summed E-state index contributed by atoms with van der Waals surface area (Å²) in [6.45, 7) is -0.128. The van der Waals surface area contributed by atoms with E-state index in [9.17, 15) is 14.7 Å². The van der Waals surface area contributed by atoms with Crippen LogP contribution in [0.5, 0.6) is 5.75 Å². The second-order valence-corrected chi connectivity index (χ2v) is 7.32. The van der Waals surface area contributed by atoms with Gasteiger partial charge in [-0.25, -0.2) is 4.68 Å². The van der Waals surface area contributed by atoms with Crippen molar-refractivity contribution in [2.24, 2.45) is 0 Å². The molecule has 1 heterocycles. The molecule has 0 fully saturated rings. The van der Waals surface area contributed by atoms with E-state index in [4.69, 9.17) is 4.74 Å². The van der Waals surface area contributed by atoms with Gasteiger partial charge in [0.15, 0.2) is 5.69 Å². The first-order chi connectivity index (χ1) is 15.6. The molecule has 7 nitrogen and oxygen atoms in total. The van der Waals surface area contributed by atoms with E-state index >= 15 is 0 Å². The molecule has 1 unspecified atom stereocenters. The maximum absolute atomic E-state index is 12.8. The van der Waals surface area contributed by atoms with E-state index in [1.54, 1.807) is 24.3 Å². The van der Waals surface area contributed by atoms with Crippen molar-refractivity contribution in [2.75, 3.05) is 13.7 Å². The van der Waals surface area contributed by atoms with Crippen LogP contribution in [0.1, 0.15) is 10.5 Å². The molecule has 1 atom stereocenters.